The quantitative estimate of drug-likeness (QED) is 0.117. The van der Waals surface area contributed by atoms with Crippen LogP contribution in [0.4, 0.5) is 0 Å². The van der Waals surface area contributed by atoms with Gasteiger partial charge in [0, 0.05) is 49.6 Å². The van der Waals surface area contributed by atoms with Gasteiger partial charge in [-0.3, -0.25) is 19.9 Å². The second kappa shape index (κ2) is 18.7. The lowest BCUT2D eigenvalue weighted by Gasteiger charge is -2.23. The summed E-state index contributed by atoms with van der Waals surface area (Å²) in [6, 6.07) is 51.0. The smallest absolute Gasteiger partial charge is 0.0273 e. The molecule has 4 heteroatoms. The summed E-state index contributed by atoms with van der Waals surface area (Å²) in [7, 11) is 0. The Hall–Kier alpha value is -7.82. The molecule has 0 spiro atoms. The second-order valence-corrected chi connectivity index (χ2v) is 13.6. The van der Waals surface area contributed by atoms with Crippen molar-refractivity contribution in [3.05, 3.63) is 262 Å². The van der Waals surface area contributed by atoms with E-state index in [1.165, 1.54) is 0 Å². The Morgan fingerprint density at radius 3 is 0.672 bits per heavy atom. The van der Waals surface area contributed by atoms with E-state index in [1.807, 2.05) is 98.1 Å². The molecule has 0 saturated heterocycles. The van der Waals surface area contributed by atoms with Crippen LogP contribution in [0.25, 0.3) is 59.8 Å². The SMILES string of the molecule is C(=Cc1ccccc1C(=C(c1ccccc1C=Cc1ccncc1)c1ccccc1C=Cc1ccncc1)c1ccccc1C=Cc1ccncc1)c1ccncc1. The summed E-state index contributed by atoms with van der Waals surface area (Å²) in [5.41, 5.74) is 15.3. The molecule has 0 aliphatic rings. The van der Waals surface area contributed by atoms with Gasteiger partial charge in [-0.15, -0.1) is 0 Å². The lowest BCUT2D eigenvalue weighted by Crippen LogP contribution is -2.03. The monoisotopic (exact) mass is 744 g/mol. The molecule has 4 aromatic heterocycles. The number of nitrogens with zero attached hydrogens (tertiary/aromatic N) is 4. The number of hydrogen-bond donors (Lipinski definition) is 0. The van der Waals surface area contributed by atoms with E-state index in [4.69, 9.17) is 0 Å². The first-order chi connectivity index (χ1) is 28.8. The topological polar surface area (TPSA) is 51.6 Å². The van der Waals surface area contributed by atoms with Crippen molar-refractivity contribution in [2.45, 2.75) is 0 Å². The van der Waals surface area contributed by atoms with E-state index in [-0.39, 0.29) is 0 Å². The van der Waals surface area contributed by atoms with Crippen molar-refractivity contribution in [3.8, 4) is 0 Å². The first-order valence-electron chi connectivity index (χ1n) is 19.2. The maximum Gasteiger partial charge on any atom is 0.0273 e. The fourth-order valence-corrected chi connectivity index (χ4v) is 6.95. The maximum atomic E-state index is 4.24. The van der Waals surface area contributed by atoms with Gasteiger partial charge < -0.3 is 0 Å². The van der Waals surface area contributed by atoms with Crippen LogP contribution >= 0.6 is 0 Å². The normalized spacial score (nSPS) is 11.5. The van der Waals surface area contributed by atoms with Gasteiger partial charge in [0.15, 0.2) is 0 Å². The van der Waals surface area contributed by atoms with Crippen LogP contribution < -0.4 is 0 Å². The molecule has 58 heavy (non-hydrogen) atoms. The number of hydrogen-bond acceptors (Lipinski definition) is 4. The Morgan fingerprint density at radius 1 is 0.241 bits per heavy atom. The van der Waals surface area contributed by atoms with Crippen molar-refractivity contribution in [2.75, 3.05) is 0 Å². The summed E-state index contributed by atoms with van der Waals surface area (Å²) in [4.78, 5) is 17.0. The Kier molecular flexibility index (Phi) is 12.0. The van der Waals surface area contributed by atoms with Crippen LogP contribution in [0.3, 0.4) is 0 Å². The fraction of sp³-hybridized carbons (Fsp3) is 0. The van der Waals surface area contributed by atoms with Crippen molar-refractivity contribution in [1.29, 1.82) is 0 Å². The summed E-state index contributed by atoms with van der Waals surface area (Å²) in [5.74, 6) is 0. The van der Waals surface area contributed by atoms with Gasteiger partial charge in [-0.05, 0) is 126 Å². The van der Waals surface area contributed by atoms with Crippen LogP contribution in [-0.2, 0) is 0 Å². The van der Waals surface area contributed by atoms with Gasteiger partial charge in [0.2, 0.25) is 0 Å². The largest absolute Gasteiger partial charge is 0.265 e. The molecule has 4 nitrogen and oxygen atoms in total. The first kappa shape index (κ1) is 37.1. The maximum absolute atomic E-state index is 4.24. The van der Waals surface area contributed by atoms with Gasteiger partial charge in [0.05, 0.1) is 0 Å². The Morgan fingerprint density at radius 2 is 0.448 bits per heavy atom. The van der Waals surface area contributed by atoms with E-state index in [1.54, 1.807) is 0 Å². The minimum absolute atomic E-state index is 1.08. The number of pyridine rings is 4. The molecular formula is C54H40N4. The van der Waals surface area contributed by atoms with E-state index in [0.717, 1.165) is 77.9 Å². The van der Waals surface area contributed by atoms with E-state index in [2.05, 4.69) is 166 Å². The summed E-state index contributed by atoms with van der Waals surface area (Å²) in [6.45, 7) is 0. The second-order valence-electron chi connectivity index (χ2n) is 13.6. The Labute approximate surface area is 340 Å². The standard InChI is InChI=1S/C54H40N4/c1-5-13-49(45(9-1)21-17-41-25-33-55-34-26-41)53(50-14-6-2-10-46(50)22-18-42-27-35-56-36-28-42)54(51-15-7-3-11-47(51)23-19-43-29-37-57-38-30-43)52-16-8-4-12-48(52)24-20-44-31-39-58-40-32-44/h1-40H. The van der Waals surface area contributed by atoms with Crippen molar-refractivity contribution in [1.82, 2.24) is 19.9 Å². The molecule has 0 amide bonds. The predicted octanol–water partition coefficient (Wildman–Crippen LogP) is 13.0. The summed E-state index contributed by atoms with van der Waals surface area (Å²) < 4.78 is 0. The first-order valence-corrected chi connectivity index (χ1v) is 19.2. The van der Waals surface area contributed by atoms with Crippen molar-refractivity contribution in [2.24, 2.45) is 0 Å². The molecule has 8 aromatic rings. The third kappa shape index (κ3) is 9.16. The number of aromatic nitrogens is 4. The number of rotatable bonds is 12. The van der Waals surface area contributed by atoms with Crippen LogP contribution in [0, 0.1) is 0 Å². The van der Waals surface area contributed by atoms with E-state index >= 15 is 0 Å². The van der Waals surface area contributed by atoms with Crippen molar-refractivity contribution < 1.29 is 0 Å². The zero-order valence-electron chi connectivity index (χ0n) is 31.9. The molecule has 0 fully saturated rings. The highest BCUT2D eigenvalue weighted by molar-refractivity contribution is 6.10. The molecule has 4 aromatic carbocycles. The summed E-state index contributed by atoms with van der Waals surface area (Å²) >= 11 is 0. The molecule has 4 heterocycles. The van der Waals surface area contributed by atoms with Crippen LogP contribution in [-0.4, -0.2) is 19.9 Å². The highest BCUT2D eigenvalue weighted by Gasteiger charge is 2.22. The highest BCUT2D eigenvalue weighted by atomic mass is 14.6. The van der Waals surface area contributed by atoms with Crippen molar-refractivity contribution >= 4 is 59.8 Å². The lowest BCUT2D eigenvalue weighted by molar-refractivity contribution is 1.32. The van der Waals surface area contributed by atoms with Gasteiger partial charge >= 0.3 is 0 Å². The van der Waals surface area contributed by atoms with Crippen LogP contribution in [0.2, 0.25) is 0 Å². The molecule has 8 rings (SSSR count). The molecule has 0 N–H and O–H groups in total. The van der Waals surface area contributed by atoms with Gasteiger partial charge in [-0.2, -0.15) is 0 Å². The van der Waals surface area contributed by atoms with Gasteiger partial charge in [0.1, 0.15) is 0 Å². The molecule has 0 atom stereocenters. The molecule has 0 aliphatic heterocycles. The zero-order chi connectivity index (χ0) is 39.2. The van der Waals surface area contributed by atoms with Crippen LogP contribution in [0.1, 0.15) is 66.8 Å². The summed E-state index contributed by atoms with van der Waals surface area (Å²) in [6.07, 6.45) is 32.1. The Balaban J connectivity index is 1.46. The molecular weight excluding hydrogens is 705 g/mol. The van der Waals surface area contributed by atoms with E-state index in [9.17, 15) is 0 Å². The van der Waals surface area contributed by atoms with Crippen LogP contribution in [0.15, 0.2) is 195 Å². The highest BCUT2D eigenvalue weighted by Crippen LogP contribution is 2.43. The molecule has 0 bridgehead atoms. The lowest BCUT2D eigenvalue weighted by atomic mass is 9.80. The zero-order valence-corrected chi connectivity index (χ0v) is 31.9. The van der Waals surface area contributed by atoms with E-state index < -0.39 is 0 Å². The minimum atomic E-state index is 1.08. The third-order valence-electron chi connectivity index (χ3n) is 9.82. The molecule has 0 saturated carbocycles. The molecule has 0 aliphatic carbocycles. The van der Waals surface area contributed by atoms with Gasteiger partial charge in [-0.25, -0.2) is 0 Å². The van der Waals surface area contributed by atoms with E-state index in [0.29, 0.717) is 0 Å². The van der Waals surface area contributed by atoms with Crippen molar-refractivity contribution in [3.63, 3.8) is 0 Å². The average Bonchev–Trinajstić information content (AvgIpc) is 3.30. The molecule has 0 unspecified atom stereocenters. The van der Waals surface area contributed by atoms with Crippen LogP contribution in [0.5, 0.6) is 0 Å². The minimum Gasteiger partial charge on any atom is -0.265 e. The Bertz CT molecular complexity index is 2370. The fourth-order valence-electron chi connectivity index (χ4n) is 6.95. The van der Waals surface area contributed by atoms with Gasteiger partial charge in [0.25, 0.3) is 0 Å². The third-order valence-corrected chi connectivity index (χ3v) is 9.82. The summed E-state index contributed by atoms with van der Waals surface area (Å²) in [5, 5.41) is 0. The predicted molar refractivity (Wildman–Crippen MR) is 243 cm³/mol. The average molecular weight is 745 g/mol. The molecule has 276 valence electrons. The van der Waals surface area contributed by atoms with Gasteiger partial charge in [-0.1, -0.05) is 146 Å². The number of benzene rings is 4. The molecule has 0 radical (unpaired) electrons.